The predicted octanol–water partition coefficient (Wildman–Crippen LogP) is 3.06. The third-order valence-corrected chi connectivity index (χ3v) is 5.31. The number of anilines is 1. The molecule has 0 spiro atoms. The summed E-state index contributed by atoms with van der Waals surface area (Å²) in [5, 5.41) is 3.04. The molecular weight excluding hydrogens is 320 g/mol. The molecule has 24 heavy (non-hydrogen) atoms. The van der Waals surface area contributed by atoms with Gasteiger partial charge in [0.1, 0.15) is 5.82 Å². The molecule has 3 heterocycles. The lowest BCUT2D eigenvalue weighted by molar-refractivity contribution is -0.122. The SMILES string of the molecule is NC(=O)[C@H]1CCCN(c2nc(-c3cccs3)nc3ccccc23)C1. The number of aromatic nitrogens is 2. The van der Waals surface area contributed by atoms with Crippen LogP contribution in [0.3, 0.4) is 0 Å². The molecule has 1 atom stereocenters. The first kappa shape index (κ1) is 15.1. The summed E-state index contributed by atoms with van der Waals surface area (Å²) in [6, 6.07) is 12.1. The second-order valence-electron chi connectivity index (χ2n) is 6.05. The molecule has 1 aliphatic heterocycles. The average molecular weight is 338 g/mol. The zero-order valence-corrected chi connectivity index (χ0v) is 14.0. The molecule has 3 aromatic rings. The lowest BCUT2D eigenvalue weighted by atomic mass is 9.97. The Balaban J connectivity index is 1.82. The van der Waals surface area contributed by atoms with Crippen molar-refractivity contribution in [2.75, 3.05) is 18.0 Å². The number of primary amides is 1. The average Bonchev–Trinajstić information content (AvgIpc) is 3.15. The van der Waals surface area contributed by atoms with Crippen LogP contribution in [0.4, 0.5) is 5.82 Å². The molecule has 1 aliphatic rings. The lowest BCUT2D eigenvalue weighted by Gasteiger charge is -2.32. The summed E-state index contributed by atoms with van der Waals surface area (Å²) in [5.74, 6) is 1.30. The number of nitrogens with zero attached hydrogens (tertiary/aromatic N) is 3. The molecule has 2 aromatic heterocycles. The van der Waals surface area contributed by atoms with Gasteiger partial charge in [-0.2, -0.15) is 0 Å². The first-order valence-corrected chi connectivity index (χ1v) is 8.95. The van der Waals surface area contributed by atoms with Crippen LogP contribution in [0.25, 0.3) is 21.6 Å². The molecular formula is C18H18N4OS. The summed E-state index contributed by atoms with van der Waals surface area (Å²) in [5.41, 5.74) is 6.45. The Morgan fingerprint density at radius 2 is 2.08 bits per heavy atom. The number of benzene rings is 1. The van der Waals surface area contributed by atoms with Gasteiger partial charge >= 0.3 is 0 Å². The fraction of sp³-hybridized carbons (Fsp3) is 0.278. The van der Waals surface area contributed by atoms with E-state index in [4.69, 9.17) is 15.7 Å². The number of hydrogen-bond acceptors (Lipinski definition) is 5. The van der Waals surface area contributed by atoms with E-state index < -0.39 is 0 Å². The molecule has 1 fully saturated rings. The largest absolute Gasteiger partial charge is 0.369 e. The minimum absolute atomic E-state index is 0.113. The van der Waals surface area contributed by atoms with Gasteiger partial charge in [-0.3, -0.25) is 4.79 Å². The van der Waals surface area contributed by atoms with Gasteiger partial charge in [-0.1, -0.05) is 18.2 Å². The van der Waals surface area contributed by atoms with E-state index in [9.17, 15) is 4.79 Å². The molecule has 0 saturated carbocycles. The van der Waals surface area contributed by atoms with E-state index in [1.807, 2.05) is 41.8 Å². The minimum Gasteiger partial charge on any atom is -0.369 e. The molecule has 1 aromatic carbocycles. The molecule has 0 unspecified atom stereocenters. The van der Waals surface area contributed by atoms with Gasteiger partial charge < -0.3 is 10.6 Å². The molecule has 0 radical (unpaired) electrons. The third kappa shape index (κ3) is 2.73. The van der Waals surface area contributed by atoms with Gasteiger partial charge in [0.15, 0.2) is 5.82 Å². The van der Waals surface area contributed by atoms with Gasteiger partial charge in [0.05, 0.1) is 16.3 Å². The van der Waals surface area contributed by atoms with Crippen LogP contribution in [0, 0.1) is 5.92 Å². The topological polar surface area (TPSA) is 72.1 Å². The highest BCUT2D eigenvalue weighted by atomic mass is 32.1. The van der Waals surface area contributed by atoms with Gasteiger partial charge in [-0.15, -0.1) is 11.3 Å². The van der Waals surface area contributed by atoms with Gasteiger partial charge in [-0.25, -0.2) is 9.97 Å². The van der Waals surface area contributed by atoms with Crippen LogP contribution in [-0.4, -0.2) is 29.0 Å². The summed E-state index contributed by atoms with van der Waals surface area (Å²) in [4.78, 5) is 24.4. The maximum absolute atomic E-state index is 11.6. The van der Waals surface area contributed by atoms with Gasteiger partial charge in [-0.05, 0) is 36.4 Å². The molecule has 1 amide bonds. The zero-order chi connectivity index (χ0) is 16.5. The van der Waals surface area contributed by atoms with E-state index in [-0.39, 0.29) is 11.8 Å². The number of nitrogens with two attached hydrogens (primary N) is 1. The van der Waals surface area contributed by atoms with E-state index in [2.05, 4.69) is 4.90 Å². The summed E-state index contributed by atoms with van der Waals surface area (Å²) in [6.07, 6.45) is 1.80. The zero-order valence-electron chi connectivity index (χ0n) is 13.2. The van der Waals surface area contributed by atoms with E-state index in [1.165, 1.54) is 0 Å². The van der Waals surface area contributed by atoms with Crippen LogP contribution in [-0.2, 0) is 4.79 Å². The van der Waals surface area contributed by atoms with Crippen molar-refractivity contribution in [3.8, 4) is 10.7 Å². The fourth-order valence-electron chi connectivity index (χ4n) is 3.22. The van der Waals surface area contributed by atoms with Crippen LogP contribution >= 0.6 is 11.3 Å². The molecule has 6 heteroatoms. The molecule has 122 valence electrons. The standard InChI is InChI=1S/C18H18N4OS/c19-16(23)12-5-3-9-22(11-12)18-13-6-1-2-7-14(13)20-17(21-18)15-8-4-10-24-15/h1-2,4,6-8,10,12H,3,5,9,11H2,(H2,19,23)/t12-/m0/s1. The molecule has 2 N–H and O–H groups in total. The Bertz CT molecular complexity index is 878. The monoisotopic (exact) mass is 338 g/mol. The molecule has 0 aliphatic carbocycles. The predicted molar refractivity (Wildman–Crippen MR) is 97.0 cm³/mol. The van der Waals surface area contributed by atoms with Crippen molar-refractivity contribution in [1.29, 1.82) is 0 Å². The van der Waals surface area contributed by atoms with Crippen LogP contribution < -0.4 is 10.6 Å². The van der Waals surface area contributed by atoms with Crippen LogP contribution in [0.1, 0.15) is 12.8 Å². The Morgan fingerprint density at radius 1 is 1.21 bits per heavy atom. The number of carbonyl (C=O) groups excluding carboxylic acids is 1. The number of rotatable bonds is 3. The van der Waals surface area contributed by atoms with E-state index >= 15 is 0 Å². The van der Waals surface area contributed by atoms with Crippen molar-refractivity contribution in [3.63, 3.8) is 0 Å². The molecule has 0 bridgehead atoms. The molecule has 1 saturated heterocycles. The van der Waals surface area contributed by atoms with Crippen LogP contribution in [0.5, 0.6) is 0 Å². The Labute approximate surface area is 144 Å². The van der Waals surface area contributed by atoms with E-state index in [1.54, 1.807) is 11.3 Å². The number of hydrogen-bond donors (Lipinski definition) is 1. The molecule has 5 nitrogen and oxygen atoms in total. The molecule has 4 rings (SSSR count). The van der Waals surface area contributed by atoms with Crippen molar-refractivity contribution in [2.45, 2.75) is 12.8 Å². The highest BCUT2D eigenvalue weighted by Crippen LogP contribution is 2.31. The number of fused-ring (bicyclic) bond motifs is 1. The van der Waals surface area contributed by atoms with Gasteiger partial charge in [0, 0.05) is 18.5 Å². The fourth-order valence-corrected chi connectivity index (χ4v) is 3.88. The first-order chi connectivity index (χ1) is 11.7. The smallest absolute Gasteiger partial charge is 0.222 e. The summed E-state index contributed by atoms with van der Waals surface area (Å²) in [6.45, 7) is 1.51. The first-order valence-electron chi connectivity index (χ1n) is 8.07. The van der Waals surface area contributed by atoms with Crippen LogP contribution in [0.2, 0.25) is 0 Å². The minimum atomic E-state index is -0.225. The summed E-state index contributed by atoms with van der Waals surface area (Å²) < 4.78 is 0. The van der Waals surface area contributed by atoms with Gasteiger partial charge in [0.2, 0.25) is 5.91 Å². The highest BCUT2D eigenvalue weighted by Gasteiger charge is 2.26. The maximum Gasteiger partial charge on any atom is 0.222 e. The number of carbonyl (C=O) groups is 1. The van der Waals surface area contributed by atoms with Crippen molar-refractivity contribution < 1.29 is 4.79 Å². The van der Waals surface area contributed by atoms with Crippen LogP contribution in [0.15, 0.2) is 41.8 Å². The Kier molecular flexibility index (Phi) is 3.90. The number of thiophene rings is 1. The van der Waals surface area contributed by atoms with E-state index in [0.717, 1.165) is 46.8 Å². The van der Waals surface area contributed by atoms with Gasteiger partial charge in [0.25, 0.3) is 0 Å². The Morgan fingerprint density at radius 3 is 2.88 bits per heavy atom. The maximum atomic E-state index is 11.6. The number of para-hydroxylation sites is 1. The van der Waals surface area contributed by atoms with Crippen molar-refractivity contribution in [2.24, 2.45) is 11.7 Å². The number of amides is 1. The quantitative estimate of drug-likeness (QED) is 0.797. The van der Waals surface area contributed by atoms with Crippen molar-refractivity contribution in [1.82, 2.24) is 9.97 Å². The van der Waals surface area contributed by atoms with Crippen molar-refractivity contribution in [3.05, 3.63) is 41.8 Å². The second-order valence-corrected chi connectivity index (χ2v) is 7.00. The Hall–Kier alpha value is -2.47. The highest BCUT2D eigenvalue weighted by molar-refractivity contribution is 7.13. The van der Waals surface area contributed by atoms with E-state index in [0.29, 0.717) is 6.54 Å². The lowest BCUT2D eigenvalue weighted by Crippen LogP contribution is -2.41. The second kappa shape index (κ2) is 6.20. The normalized spacial score (nSPS) is 18.0. The third-order valence-electron chi connectivity index (χ3n) is 4.45. The van der Waals surface area contributed by atoms with Crippen molar-refractivity contribution >= 4 is 34.0 Å². The summed E-state index contributed by atoms with van der Waals surface area (Å²) >= 11 is 1.63. The summed E-state index contributed by atoms with van der Waals surface area (Å²) in [7, 11) is 0. The number of piperidine rings is 1.